The van der Waals surface area contributed by atoms with Gasteiger partial charge in [0.2, 0.25) is 0 Å². The number of carbonyl (C=O) groups is 2. The van der Waals surface area contributed by atoms with E-state index in [2.05, 4.69) is 5.32 Å². The molecule has 1 aromatic carbocycles. The largest absolute Gasteiger partial charge is 0.396 e. The number of nitriles is 1. The van der Waals surface area contributed by atoms with Crippen molar-refractivity contribution < 1.29 is 18.9 Å². The Kier molecular flexibility index (Phi) is 7.19. The summed E-state index contributed by atoms with van der Waals surface area (Å²) in [6, 6.07) is 11.7. The summed E-state index contributed by atoms with van der Waals surface area (Å²) in [6.45, 7) is 2.95. The van der Waals surface area contributed by atoms with Crippen LogP contribution in [0.1, 0.15) is 58.2 Å². The van der Waals surface area contributed by atoms with Gasteiger partial charge in [-0.3, -0.25) is 18.6 Å². The number of fused-ring (bicyclic) bond motifs is 1. The van der Waals surface area contributed by atoms with Crippen molar-refractivity contribution in [1.29, 1.82) is 5.26 Å². The van der Waals surface area contributed by atoms with Gasteiger partial charge in [-0.1, -0.05) is 19.1 Å². The van der Waals surface area contributed by atoms with Gasteiger partial charge >= 0.3 is 0 Å². The highest BCUT2D eigenvalue weighted by molar-refractivity contribution is 7.87. The summed E-state index contributed by atoms with van der Waals surface area (Å²) in [5.74, 6) is -0.842. The van der Waals surface area contributed by atoms with E-state index in [4.69, 9.17) is 5.26 Å². The molecule has 2 amide bonds. The standard InChI is InChI=1S/C25H28N4O5S/c1-17(8-13-30)35(34)25(9-10-25)16-28-11-12-29-21(24(28)33)7-6-20(23(29)32)22(31)27-15-19-4-2-18(14-26)3-5-19/h2-7,17,30H,8-13,15-16H2,1H3,(H,27,31). The van der Waals surface area contributed by atoms with Crippen molar-refractivity contribution in [2.24, 2.45) is 0 Å². The van der Waals surface area contributed by atoms with Crippen molar-refractivity contribution in [2.45, 2.75) is 49.3 Å². The number of aromatic nitrogens is 1. The number of amides is 2. The number of hydrogen-bond acceptors (Lipinski definition) is 6. The highest BCUT2D eigenvalue weighted by Crippen LogP contribution is 2.44. The molecule has 1 aliphatic heterocycles. The molecular weight excluding hydrogens is 468 g/mol. The molecule has 0 spiro atoms. The van der Waals surface area contributed by atoms with Gasteiger partial charge in [-0.2, -0.15) is 5.26 Å². The van der Waals surface area contributed by atoms with Gasteiger partial charge in [-0.05, 0) is 49.1 Å². The van der Waals surface area contributed by atoms with Crippen molar-refractivity contribution in [2.75, 3.05) is 19.7 Å². The lowest BCUT2D eigenvalue weighted by molar-refractivity contribution is 0.0695. The summed E-state index contributed by atoms with van der Waals surface area (Å²) in [7, 11) is -1.16. The number of carbonyl (C=O) groups excluding carboxylic acids is 2. The van der Waals surface area contributed by atoms with Gasteiger partial charge < -0.3 is 19.9 Å². The molecule has 4 rings (SSSR count). The minimum atomic E-state index is -1.16. The van der Waals surface area contributed by atoms with Crippen LogP contribution >= 0.6 is 0 Å². The molecule has 2 aliphatic rings. The lowest BCUT2D eigenvalue weighted by Gasteiger charge is -2.33. The Morgan fingerprint density at radius 3 is 2.54 bits per heavy atom. The van der Waals surface area contributed by atoms with Gasteiger partial charge in [0.1, 0.15) is 11.3 Å². The Bertz CT molecular complexity index is 1260. The second-order valence-corrected chi connectivity index (χ2v) is 11.4. The van der Waals surface area contributed by atoms with E-state index in [0.717, 1.165) is 18.4 Å². The van der Waals surface area contributed by atoms with E-state index in [9.17, 15) is 23.7 Å². The average Bonchev–Trinajstić information content (AvgIpc) is 3.65. The normalized spacial score (nSPS) is 17.7. The van der Waals surface area contributed by atoms with Crippen LogP contribution in [0.5, 0.6) is 0 Å². The monoisotopic (exact) mass is 496 g/mol. The topological polar surface area (TPSA) is 132 Å². The zero-order valence-corrected chi connectivity index (χ0v) is 20.3. The Morgan fingerprint density at radius 1 is 1.20 bits per heavy atom. The molecule has 184 valence electrons. The Labute approximate surface area is 205 Å². The van der Waals surface area contributed by atoms with E-state index < -0.39 is 27.0 Å². The predicted molar refractivity (Wildman–Crippen MR) is 130 cm³/mol. The molecule has 0 radical (unpaired) electrons. The molecule has 0 saturated heterocycles. The zero-order valence-electron chi connectivity index (χ0n) is 19.5. The lowest BCUT2D eigenvalue weighted by Crippen LogP contribution is -2.49. The highest BCUT2D eigenvalue weighted by Gasteiger charge is 2.52. The first-order valence-electron chi connectivity index (χ1n) is 11.6. The first-order chi connectivity index (χ1) is 16.8. The first kappa shape index (κ1) is 24.8. The number of rotatable bonds is 9. The van der Waals surface area contributed by atoms with Gasteiger partial charge in [-0.25, -0.2) is 0 Å². The fourth-order valence-corrected chi connectivity index (χ4v) is 6.36. The van der Waals surface area contributed by atoms with Crippen LogP contribution < -0.4 is 10.9 Å². The maximum atomic E-state index is 13.1. The molecule has 1 aliphatic carbocycles. The summed E-state index contributed by atoms with van der Waals surface area (Å²) in [6.07, 6.45) is 1.99. The molecular formula is C25H28N4O5S. The Balaban J connectivity index is 1.44. The number of hydrogen-bond donors (Lipinski definition) is 2. The van der Waals surface area contributed by atoms with Crippen LogP contribution in [0.3, 0.4) is 0 Å². The fourth-order valence-electron chi connectivity index (χ4n) is 4.40. The van der Waals surface area contributed by atoms with Crippen LogP contribution in [0.25, 0.3) is 0 Å². The van der Waals surface area contributed by atoms with E-state index in [1.54, 1.807) is 29.2 Å². The number of nitrogens with zero attached hydrogens (tertiary/aromatic N) is 3. The number of aliphatic hydroxyl groups is 1. The van der Waals surface area contributed by atoms with Crippen molar-refractivity contribution in [3.05, 3.63) is 69.1 Å². The number of pyridine rings is 1. The van der Waals surface area contributed by atoms with Crippen LogP contribution in [0.15, 0.2) is 41.2 Å². The molecule has 10 heteroatoms. The van der Waals surface area contributed by atoms with Gasteiger partial charge in [-0.15, -0.1) is 0 Å². The van der Waals surface area contributed by atoms with E-state index in [1.807, 2.05) is 13.0 Å². The molecule has 2 aromatic rings. The number of nitrogens with one attached hydrogen (secondary N) is 1. The summed E-state index contributed by atoms with van der Waals surface area (Å²) < 4.78 is 13.8. The van der Waals surface area contributed by atoms with Crippen LogP contribution in [0.2, 0.25) is 0 Å². The summed E-state index contributed by atoms with van der Waals surface area (Å²) in [5.41, 5.74) is 0.969. The van der Waals surface area contributed by atoms with Crippen molar-refractivity contribution in [3.63, 3.8) is 0 Å². The zero-order chi connectivity index (χ0) is 25.2. The summed E-state index contributed by atoms with van der Waals surface area (Å²) in [5, 5.41) is 20.6. The lowest BCUT2D eigenvalue weighted by atomic mass is 10.1. The third-order valence-electron chi connectivity index (χ3n) is 6.67. The maximum absolute atomic E-state index is 13.1. The molecule has 2 unspecified atom stereocenters. The smallest absolute Gasteiger partial charge is 0.270 e. The average molecular weight is 497 g/mol. The SMILES string of the molecule is CC(CCO)S(=O)C1(CN2CCn3c(ccc(C(=O)NCc4ccc(C#N)cc4)c3=O)C2=O)CC1. The molecule has 1 aromatic heterocycles. The predicted octanol–water partition coefficient (Wildman–Crippen LogP) is 1.16. The molecule has 2 heterocycles. The van der Waals surface area contributed by atoms with Crippen LogP contribution in [0, 0.1) is 11.3 Å². The van der Waals surface area contributed by atoms with Gasteiger partial charge in [0.25, 0.3) is 17.4 Å². The Hall–Kier alpha value is -3.29. The molecule has 9 nitrogen and oxygen atoms in total. The fraction of sp³-hybridized carbons (Fsp3) is 0.440. The quantitative estimate of drug-likeness (QED) is 0.535. The van der Waals surface area contributed by atoms with Crippen LogP contribution in [-0.2, 0) is 23.9 Å². The molecule has 35 heavy (non-hydrogen) atoms. The first-order valence-corrected chi connectivity index (χ1v) is 12.8. The van der Waals surface area contributed by atoms with Gasteiger partial charge in [0, 0.05) is 48.8 Å². The molecule has 1 saturated carbocycles. The maximum Gasteiger partial charge on any atom is 0.270 e. The van der Waals surface area contributed by atoms with Crippen molar-refractivity contribution in [3.8, 4) is 6.07 Å². The van der Waals surface area contributed by atoms with Crippen molar-refractivity contribution in [1.82, 2.24) is 14.8 Å². The minimum Gasteiger partial charge on any atom is -0.396 e. The molecule has 2 atom stereocenters. The highest BCUT2D eigenvalue weighted by atomic mass is 32.2. The second-order valence-electron chi connectivity index (χ2n) is 9.11. The molecule has 2 N–H and O–H groups in total. The van der Waals surface area contributed by atoms with Crippen molar-refractivity contribution >= 4 is 22.6 Å². The second kappa shape index (κ2) is 10.1. The van der Waals surface area contributed by atoms with Crippen LogP contribution in [-0.4, -0.2) is 60.3 Å². The summed E-state index contributed by atoms with van der Waals surface area (Å²) in [4.78, 5) is 40.4. The van der Waals surface area contributed by atoms with Gasteiger partial charge in [0.15, 0.2) is 0 Å². The third-order valence-corrected chi connectivity index (χ3v) is 9.03. The third kappa shape index (κ3) is 5.06. The van der Waals surface area contributed by atoms with E-state index >= 15 is 0 Å². The molecule has 0 bridgehead atoms. The number of benzene rings is 1. The van der Waals surface area contributed by atoms with E-state index in [1.165, 1.54) is 16.7 Å². The summed E-state index contributed by atoms with van der Waals surface area (Å²) >= 11 is 0. The molecule has 1 fully saturated rings. The van der Waals surface area contributed by atoms with E-state index in [-0.39, 0.29) is 42.1 Å². The minimum absolute atomic E-state index is 0.0225. The Morgan fingerprint density at radius 2 is 1.91 bits per heavy atom. The van der Waals surface area contributed by atoms with Gasteiger partial charge in [0.05, 0.1) is 16.4 Å². The van der Waals surface area contributed by atoms with E-state index in [0.29, 0.717) is 25.1 Å². The van der Waals surface area contributed by atoms with Crippen LogP contribution in [0.4, 0.5) is 0 Å². The number of aliphatic hydroxyl groups excluding tert-OH is 1.